The van der Waals surface area contributed by atoms with Gasteiger partial charge in [-0.15, -0.1) is 0 Å². The lowest BCUT2D eigenvalue weighted by Gasteiger charge is -2.44. The van der Waals surface area contributed by atoms with Crippen LogP contribution in [0.5, 0.6) is 0 Å². The number of fused-ring (bicyclic) bond motifs is 8. The van der Waals surface area contributed by atoms with Crippen molar-refractivity contribution in [3.8, 4) is 0 Å². The Morgan fingerprint density at radius 1 is 1.03 bits per heavy atom. The molecule has 0 radical (unpaired) electrons. The fourth-order valence-electron chi connectivity index (χ4n) is 5.88. The first-order chi connectivity index (χ1) is 15.4. The third-order valence-corrected chi connectivity index (χ3v) is 7.87. The molecule has 4 heterocycles. The van der Waals surface area contributed by atoms with Gasteiger partial charge < -0.3 is 14.3 Å². The van der Waals surface area contributed by atoms with E-state index in [0.717, 1.165) is 33.7 Å². The number of nitrogens with zero attached hydrogens (tertiary/aromatic N) is 2. The number of imidazole rings is 1. The van der Waals surface area contributed by atoms with Gasteiger partial charge in [-0.1, -0.05) is 45.9 Å². The Hall–Kier alpha value is -3.19. The smallest absolute Gasteiger partial charge is 0.261 e. The summed E-state index contributed by atoms with van der Waals surface area (Å²) in [7, 11) is 0. The second-order valence-corrected chi connectivity index (χ2v) is 9.32. The molecular weight excluding hydrogens is 404 g/mol. The Bertz CT molecular complexity index is 1430. The molecule has 2 amide bonds. The summed E-state index contributed by atoms with van der Waals surface area (Å²) in [5, 5.41) is 4.20. The molecule has 7 heteroatoms. The van der Waals surface area contributed by atoms with Crippen LogP contribution in [-0.4, -0.2) is 32.5 Å². The van der Waals surface area contributed by atoms with E-state index in [1.54, 1.807) is 6.33 Å². The SMILES string of the molecule is CCC1OC(n2c3ccccc3c3c4c(c5nc[nH]c5c32)C(=O)NC4=O)C(C)C(C)C1C. The Kier molecular flexibility index (Phi) is 4.05. The molecule has 2 N–H and O–H groups in total. The summed E-state index contributed by atoms with van der Waals surface area (Å²) in [6, 6.07) is 8.06. The van der Waals surface area contributed by atoms with Gasteiger partial charge in [-0.2, -0.15) is 0 Å². The number of ether oxygens (including phenoxy) is 1. The van der Waals surface area contributed by atoms with E-state index in [0.29, 0.717) is 28.5 Å². The quantitative estimate of drug-likeness (QED) is 0.448. The van der Waals surface area contributed by atoms with Crippen LogP contribution in [0.3, 0.4) is 0 Å². The van der Waals surface area contributed by atoms with Gasteiger partial charge >= 0.3 is 0 Å². The molecule has 2 aliphatic heterocycles. The number of rotatable bonds is 2. The largest absolute Gasteiger partial charge is 0.354 e. The lowest BCUT2D eigenvalue weighted by molar-refractivity contribution is -0.164. The highest BCUT2D eigenvalue weighted by molar-refractivity contribution is 6.36. The third-order valence-electron chi connectivity index (χ3n) is 7.87. The maximum Gasteiger partial charge on any atom is 0.261 e. The molecule has 164 valence electrons. The van der Waals surface area contributed by atoms with Crippen molar-refractivity contribution >= 4 is 44.7 Å². The van der Waals surface area contributed by atoms with Crippen LogP contribution >= 0.6 is 0 Å². The summed E-state index contributed by atoms with van der Waals surface area (Å²) in [5.74, 6) is 0.421. The van der Waals surface area contributed by atoms with Crippen molar-refractivity contribution in [1.82, 2.24) is 19.9 Å². The fraction of sp³-hybridized carbons (Fsp3) is 0.400. The van der Waals surface area contributed by atoms with Crippen molar-refractivity contribution < 1.29 is 14.3 Å². The number of hydrogen-bond acceptors (Lipinski definition) is 4. The zero-order valence-electron chi connectivity index (χ0n) is 18.6. The topological polar surface area (TPSA) is 89.0 Å². The van der Waals surface area contributed by atoms with E-state index in [-0.39, 0.29) is 24.2 Å². The zero-order chi connectivity index (χ0) is 22.3. The predicted octanol–water partition coefficient (Wildman–Crippen LogP) is 4.77. The number of imide groups is 1. The van der Waals surface area contributed by atoms with Crippen molar-refractivity contribution in [1.29, 1.82) is 0 Å². The summed E-state index contributed by atoms with van der Waals surface area (Å²) < 4.78 is 8.98. The molecule has 1 fully saturated rings. The molecule has 0 saturated carbocycles. The maximum atomic E-state index is 12.9. The van der Waals surface area contributed by atoms with Crippen molar-refractivity contribution in [2.24, 2.45) is 17.8 Å². The minimum atomic E-state index is -0.392. The number of amides is 2. The van der Waals surface area contributed by atoms with E-state index >= 15 is 0 Å². The summed E-state index contributed by atoms with van der Waals surface area (Å²) in [5.41, 5.74) is 3.92. The molecule has 0 bridgehead atoms. The molecule has 32 heavy (non-hydrogen) atoms. The van der Waals surface area contributed by atoms with Crippen molar-refractivity contribution in [2.75, 3.05) is 0 Å². The summed E-state index contributed by atoms with van der Waals surface area (Å²) in [6.45, 7) is 8.99. The van der Waals surface area contributed by atoms with Gasteiger partial charge in [0.1, 0.15) is 11.7 Å². The number of hydrogen-bond donors (Lipinski definition) is 2. The van der Waals surface area contributed by atoms with Crippen LogP contribution in [0, 0.1) is 17.8 Å². The van der Waals surface area contributed by atoms with Gasteiger partial charge in [0.05, 0.1) is 40.1 Å². The Labute approximate surface area is 185 Å². The molecule has 2 aliphatic rings. The van der Waals surface area contributed by atoms with Gasteiger partial charge in [-0.05, 0) is 24.3 Å². The standard InChI is InChI=1S/C25H26N4O3/c1-5-16-12(3)11(2)13(4)25(32-16)29-15-9-7-6-8-14(15)17-18-19(24(31)28-23(18)30)20-21(22(17)29)27-10-26-20/h6-13,16,25H,5H2,1-4H3,(H,26,27)(H,28,30,31). The predicted molar refractivity (Wildman–Crippen MR) is 123 cm³/mol. The number of aromatic nitrogens is 3. The van der Waals surface area contributed by atoms with Crippen molar-refractivity contribution in [2.45, 2.75) is 46.4 Å². The summed E-state index contributed by atoms with van der Waals surface area (Å²) in [4.78, 5) is 33.3. The summed E-state index contributed by atoms with van der Waals surface area (Å²) in [6.07, 6.45) is 2.49. The van der Waals surface area contributed by atoms with Crippen LogP contribution in [0.15, 0.2) is 30.6 Å². The molecule has 2 aromatic carbocycles. The van der Waals surface area contributed by atoms with E-state index in [9.17, 15) is 9.59 Å². The Morgan fingerprint density at radius 3 is 2.56 bits per heavy atom. The first-order valence-electron chi connectivity index (χ1n) is 11.4. The van der Waals surface area contributed by atoms with Crippen LogP contribution in [0.2, 0.25) is 0 Å². The molecule has 6 rings (SSSR count). The Morgan fingerprint density at radius 2 is 1.78 bits per heavy atom. The average molecular weight is 431 g/mol. The first kappa shape index (κ1) is 19.5. The van der Waals surface area contributed by atoms with E-state index in [2.05, 4.69) is 53.6 Å². The highest BCUT2D eigenvalue weighted by Crippen LogP contribution is 2.47. The van der Waals surface area contributed by atoms with Crippen LogP contribution in [0.1, 0.15) is 61.1 Å². The second-order valence-electron chi connectivity index (χ2n) is 9.32. The van der Waals surface area contributed by atoms with Gasteiger partial charge in [0, 0.05) is 16.7 Å². The summed E-state index contributed by atoms with van der Waals surface area (Å²) >= 11 is 0. The lowest BCUT2D eigenvalue weighted by atomic mass is 9.77. The van der Waals surface area contributed by atoms with E-state index in [1.165, 1.54) is 0 Å². The van der Waals surface area contributed by atoms with E-state index < -0.39 is 5.91 Å². The van der Waals surface area contributed by atoms with Gasteiger partial charge in [0.2, 0.25) is 0 Å². The number of aromatic amines is 1. The molecule has 0 spiro atoms. The monoisotopic (exact) mass is 430 g/mol. The number of carbonyl (C=O) groups excluding carboxylic acids is 2. The number of H-pyrrole nitrogens is 1. The normalized spacial score (nSPS) is 28.1. The molecule has 1 saturated heterocycles. The Balaban J connectivity index is 1.77. The average Bonchev–Trinajstić information content (AvgIpc) is 3.47. The van der Waals surface area contributed by atoms with Gasteiger partial charge in [-0.25, -0.2) is 4.98 Å². The van der Waals surface area contributed by atoms with Crippen molar-refractivity contribution in [3.05, 3.63) is 41.7 Å². The van der Waals surface area contributed by atoms with Gasteiger partial charge in [-0.3, -0.25) is 14.9 Å². The van der Waals surface area contributed by atoms with Gasteiger partial charge in [0.15, 0.2) is 0 Å². The van der Waals surface area contributed by atoms with Crippen LogP contribution in [0.4, 0.5) is 0 Å². The highest BCUT2D eigenvalue weighted by Gasteiger charge is 2.42. The minimum Gasteiger partial charge on any atom is -0.354 e. The molecule has 0 aliphatic carbocycles. The molecule has 5 atom stereocenters. The first-order valence-corrected chi connectivity index (χ1v) is 11.4. The number of nitrogens with one attached hydrogen (secondary N) is 2. The highest BCUT2D eigenvalue weighted by atomic mass is 16.5. The minimum absolute atomic E-state index is 0.152. The van der Waals surface area contributed by atoms with Gasteiger partial charge in [0.25, 0.3) is 11.8 Å². The third kappa shape index (κ3) is 2.32. The van der Waals surface area contributed by atoms with Crippen LogP contribution in [-0.2, 0) is 4.74 Å². The lowest BCUT2D eigenvalue weighted by Crippen LogP contribution is -2.42. The molecule has 4 aromatic rings. The van der Waals surface area contributed by atoms with E-state index in [1.807, 2.05) is 18.2 Å². The maximum absolute atomic E-state index is 12.9. The number of benzene rings is 2. The van der Waals surface area contributed by atoms with Crippen molar-refractivity contribution in [3.63, 3.8) is 0 Å². The van der Waals surface area contributed by atoms with E-state index in [4.69, 9.17) is 4.74 Å². The zero-order valence-corrected chi connectivity index (χ0v) is 18.6. The van der Waals surface area contributed by atoms with Crippen LogP contribution < -0.4 is 5.32 Å². The molecule has 2 aromatic heterocycles. The molecule has 5 unspecified atom stereocenters. The number of carbonyl (C=O) groups is 2. The number of para-hydroxylation sites is 1. The fourth-order valence-corrected chi connectivity index (χ4v) is 5.88. The second kappa shape index (κ2) is 6.65. The molecule has 7 nitrogen and oxygen atoms in total. The molecular formula is C25H26N4O3. The van der Waals surface area contributed by atoms with Crippen LogP contribution in [0.25, 0.3) is 32.8 Å².